The molecule has 0 saturated heterocycles. The van der Waals surface area contributed by atoms with Gasteiger partial charge in [-0.1, -0.05) is 12.8 Å². The molecule has 2 aliphatic rings. The van der Waals surface area contributed by atoms with Crippen LogP contribution >= 0.6 is 0 Å². The summed E-state index contributed by atoms with van der Waals surface area (Å²) >= 11 is 0. The van der Waals surface area contributed by atoms with Crippen molar-refractivity contribution in [2.24, 2.45) is 5.92 Å². The lowest BCUT2D eigenvalue weighted by Crippen LogP contribution is -2.28. The molecular weight excluding hydrogens is 244 g/mol. The first kappa shape index (κ1) is 12.1. The number of carbonyl (C=O) groups excluding carboxylic acids is 1. The summed E-state index contributed by atoms with van der Waals surface area (Å²) < 4.78 is 10.5. The van der Waals surface area contributed by atoms with Crippen LogP contribution in [0, 0.1) is 5.92 Å². The monoisotopic (exact) mass is 262 g/mol. The van der Waals surface area contributed by atoms with E-state index in [0.717, 1.165) is 6.54 Å². The van der Waals surface area contributed by atoms with Crippen molar-refractivity contribution in [3.63, 3.8) is 0 Å². The molecule has 102 valence electrons. The van der Waals surface area contributed by atoms with E-state index in [1.54, 1.807) is 12.1 Å². The van der Waals surface area contributed by atoms with Gasteiger partial charge in [-0.25, -0.2) is 0 Å². The topological polar surface area (TPSA) is 73.6 Å². The van der Waals surface area contributed by atoms with E-state index in [0.29, 0.717) is 28.7 Å². The largest absolute Gasteiger partial charge is 0.454 e. The van der Waals surface area contributed by atoms with Gasteiger partial charge >= 0.3 is 0 Å². The Morgan fingerprint density at radius 3 is 2.68 bits per heavy atom. The number of fused-ring (bicyclic) bond motifs is 1. The molecule has 0 aromatic heterocycles. The summed E-state index contributed by atoms with van der Waals surface area (Å²) in [5.41, 5.74) is 6.77. The number of carbonyl (C=O) groups is 1. The standard InChI is InChI=1S/C14H18N2O3/c15-11-6-13-12(18-8-19-13)5-10(11)14(17)16-7-9-3-1-2-4-9/h5-6,9H,1-4,7-8,15H2,(H,16,17). The van der Waals surface area contributed by atoms with Crippen LogP contribution in [0.25, 0.3) is 0 Å². The lowest BCUT2D eigenvalue weighted by Gasteiger charge is -2.12. The Balaban J connectivity index is 1.69. The van der Waals surface area contributed by atoms with Gasteiger partial charge in [-0.2, -0.15) is 0 Å². The fourth-order valence-electron chi connectivity index (χ4n) is 2.70. The van der Waals surface area contributed by atoms with Crippen LogP contribution in [0.1, 0.15) is 36.0 Å². The lowest BCUT2D eigenvalue weighted by atomic mass is 10.1. The molecule has 1 heterocycles. The zero-order valence-corrected chi connectivity index (χ0v) is 10.8. The van der Waals surface area contributed by atoms with Gasteiger partial charge < -0.3 is 20.5 Å². The van der Waals surface area contributed by atoms with Crippen LogP contribution in [0.15, 0.2) is 12.1 Å². The molecule has 1 fully saturated rings. The SMILES string of the molecule is Nc1cc2c(cc1C(=O)NCC1CCCC1)OCO2. The zero-order valence-electron chi connectivity index (χ0n) is 10.8. The van der Waals surface area contributed by atoms with E-state index in [1.807, 2.05) is 0 Å². The highest BCUT2D eigenvalue weighted by Gasteiger charge is 2.21. The van der Waals surface area contributed by atoms with Gasteiger partial charge in [0.1, 0.15) is 0 Å². The second kappa shape index (κ2) is 4.99. The molecule has 1 aromatic carbocycles. The van der Waals surface area contributed by atoms with Crippen molar-refractivity contribution >= 4 is 11.6 Å². The van der Waals surface area contributed by atoms with E-state index in [-0.39, 0.29) is 12.7 Å². The first-order chi connectivity index (χ1) is 9.24. The summed E-state index contributed by atoms with van der Waals surface area (Å²) in [4.78, 5) is 12.1. The number of hydrogen-bond donors (Lipinski definition) is 2. The highest BCUT2D eigenvalue weighted by molar-refractivity contribution is 6.00. The van der Waals surface area contributed by atoms with E-state index in [4.69, 9.17) is 15.2 Å². The number of anilines is 1. The molecule has 0 radical (unpaired) electrons. The molecule has 3 rings (SSSR count). The molecule has 5 heteroatoms. The summed E-state index contributed by atoms with van der Waals surface area (Å²) in [6, 6.07) is 3.30. The van der Waals surface area contributed by atoms with Gasteiger partial charge in [-0.3, -0.25) is 4.79 Å². The number of rotatable bonds is 3. The molecule has 3 N–H and O–H groups in total. The number of amides is 1. The number of nitrogen functional groups attached to an aromatic ring is 1. The highest BCUT2D eigenvalue weighted by Crippen LogP contribution is 2.35. The minimum Gasteiger partial charge on any atom is -0.454 e. The number of benzene rings is 1. The average molecular weight is 262 g/mol. The zero-order chi connectivity index (χ0) is 13.2. The van der Waals surface area contributed by atoms with Crippen molar-refractivity contribution in [1.29, 1.82) is 0 Å². The Bertz CT molecular complexity index is 496. The van der Waals surface area contributed by atoms with E-state index in [1.165, 1.54) is 25.7 Å². The Hall–Kier alpha value is -1.91. The van der Waals surface area contributed by atoms with Crippen LogP contribution in [0.2, 0.25) is 0 Å². The first-order valence-electron chi connectivity index (χ1n) is 6.71. The number of nitrogens with two attached hydrogens (primary N) is 1. The predicted octanol–water partition coefficient (Wildman–Crippen LogP) is 1.92. The van der Waals surface area contributed by atoms with Gasteiger partial charge in [0, 0.05) is 18.3 Å². The molecule has 1 aliphatic carbocycles. The van der Waals surface area contributed by atoms with Crippen molar-refractivity contribution in [2.45, 2.75) is 25.7 Å². The third-order valence-electron chi connectivity index (χ3n) is 3.82. The first-order valence-corrected chi connectivity index (χ1v) is 6.71. The summed E-state index contributed by atoms with van der Waals surface area (Å²) in [5, 5.41) is 2.96. The van der Waals surface area contributed by atoms with Crippen LogP contribution in [0.3, 0.4) is 0 Å². The van der Waals surface area contributed by atoms with Gasteiger partial charge in [0.2, 0.25) is 6.79 Å². The minimum absolute atomic E-state index is 0.136. The molecule has 0 atom stereocenters. The molecule has 1 amide bonds. The molecule has 1 aromatic rings. The molecule has 0 unspecified atom stereocenters. The van der Waals surface area contributed by atoms with Crippen LogP contribution in [0.4, 0.5) is 5.69 Å². The van der Waals surface area contributed by atoms with Gasteiger partial charge in [0.15, 0.2) is 11.5 Å². The Kier molecular flexibility index (Phi) is 3.19. The van der Waals surface area contributed by atoms with E-state index in [9.17, 15) is 4.79 Å². The molecule has 0 spiro atoms. The Morgan fingerprint density at radius 1 is 1.26 bits per heavy atom. The van der Waals surface area contributed by atoms with E-state index < -0.39 is 0 Å². The fraction of sp³-hybridized carbons (Fsp3) is 0.500. The maximum absolute atomic E-state index is 12.1. The molecule has 0 bridgehead atoms. The summed E-state index contributed by atoms with van der Waals surface area (Å²) in [6.07, 6.45) is 4.95. The van der Waals surface area contributed by atoms with Crippen molar-refractivity contribution in [3.05, 3.63) is 17.7 Å². The van der Waals surface area contributed by atoms with Crippen molar-refractivity contribution in [3.8, 4) is 11.5 Å². The van der Waals surface area contributed by atoms with Crippen LogP contribution in [0.5, 0.6) is 11.5 Å². The average Bonchev–Trinajstić information content (AvgIpc) is 3.05. The third-order valence-corrected chi connectivity index (χ3v) is 3.82. The maximum atomic E-state index is 12.1. The van der Waals surface area contributed by atoms with Gasteiger partial charge in [-0.05, 0) is 24.8 Å². The van der Waals surface area contributed by atoms with Crippen molar-refractivity contribution in [2.75, 3.05) is 19.1 Å². The maximum Gasteiger partial charge on any atom is 0.253 e. The lowest BCUT2D eigenvalue weighted by molar-refractivity contribution is 0.0948. The van der Waals surface area contributed by atoms with Gasteiger partial charge in [0.25, 0.3) is 5.91 Å². The smallest absolute Gasteiger partial charge is 0.253 e. The van der Waals surface area contributed by atoms with Gasteiger partial charge in [-0.15, -0.1) is 0 Å². The van der Waals surface area contributed by atoms with Crippen LogP contribution in [-0.4, -0.2) is 19.2 Å². The number of hydrogen-bond acceptors (Lipinski definition) is 4. The van der Waals surface area contributed by atoms with Crippen LogP contribution < -0.4 is 20.5 Å². The van der Waals surface area contributed by atoms with Crippen molar-refractivity contribution in [1.82, 2.24) is 5.32 Å². The Labute approximate surface area is 112 Å². The molecule has 1 aliphatic heterocycles. The molecule has 5 nitrogen and oxygen atoms in total. The predicted molar refractivity (Wildman–Crippen MR) is 71.3 cm³/mol. The van der Waals surface area contributed by atoms with E-state index in [2.05, 4.69) is 5.32 Å². The quantitative estimate of drug-likeness (QED) is 0.816. The molecule has 19 heavy (non-hydrogen) atoms. The number of nitrogens with one attached hydrogen (secondary N) is 1. The Morgan fingerprint density at radius 2 is 1.95 bits per heavy atom. The fourth-order valence-corrected chi connectivity index (χ4v) is 2.70. The van der Waals surface area contributed by atoms with Crippen LogP contribution in [-0.2, 0) is 0 Å². The highest BCUT2D eigenvalue weighted by atomic mass is 16.7. The second-order valence-electron chi connectivity index (χ2n) is 5.15. The normalized spacial score (nSPS) is 17.7. The molecular formula is C14H18N2O3. The third kappa shape index (κ3) is 2.45. The second-order valence-corrected chi connectivity index (χ2v) is 5.15. The number of ether oxygens (including phenoxy) is 2. The summed E-state index contributed by atoms with van der Waals surface area (Å²) in [6.45, 7) is 0.911. The summed E-state index contributed by atoms with van der Waals surface area (Å²) in [7, 11) is 0. The molecule has 1 saturated carbocycles. The van der Waals surface area contributed by atoms with E-state index >= 15 is 0 Å². The summed E-state index contributed by atoms with van der Waals surface area (Å²) in [5.74, 6) is 1.66. The minimum atomic E-state index is -0.136. The van der Waals surface area contributed by atoms with Crippen molar-refractivity contribution < 1.29 is 14.3 Å². The van der Waals surface area contributed by atoms with Gasteiger partial charge in [0.05, 0.1) is 5.56 Å².